The highest BCUT2D eigenvalue weighted by Gasteiger charge is 2.09. The SMILES string of the molecule is Cc1ccc(F)cc1OCC(=O)c1ccc(C(C)C)cc1. The first-order valence-electron chi connectivity index (χ1n) is 6.99. The Morgan fingerprint density at radius 2 is 1.81 bits per heavy atom. The van der Waals surface area contributed by atoms with Gasteiger partial charge in [-0.2, -0.15) is 0 Å². The monoisotopic (exact) mass is 286 g/mol. The van der Waals surface area contributed by atoms with Crippen molar-refractivity contribution in [2.24, 2.45) is 0 Å². The second-order valence-corrected chi connectivity index (χ2v) is 5.40. The highest BCUT2D eigenvalue weighted by atomic mass is 19.1. The van der Waals surface area contributed by atoms with Crippen molar-refractivity contribution < 1.29 is 13.9 Å². The Morgan fingerprint density at radius 1 is 1.14 bits per heavy atom. The van der Waals surface area contributed by atoms with E-state index in [9.17, 15) is 9.18 Å². The molecule has 0 heterocycles. The first-order valence-corrected chi connectivity index (χ1v) is 6.99. The molecule has 110 valence electrons. The molecule has 0 aliphatic heterocycles. The third kappa shape index (κ3) is 3.91. The minimum Gasteiger partial charge on any atom is -0.485 e. The minimum atomic E-state index is -0.371. The van der Waals surface area contributed by atoms with Gasteiger partial charge in [0.05, 0.1) is 0 Å². The zero-order valence-corrected chi connectivity index (χ0v) is 12.5. The molecule has 0 fully saturated rings. The molecule has 21 heavy (non-hydrogen) atoms. The van der Waals surface area contributed by atoms with E-state index < -0.39 is 0 Å². The lowest BCUT2D eigenvalue weighted by atomic mass is 10.0. The summed E-state index contributed by atoms with van der Waals surface area (Å²) in [5.74, 6) is 0.348. The Hall–Kier alpha value is -2.16. The molecular formula is C18H19FO2. The van der Waals surface area contributed by atoms with Gasteiger partial charge in [0.25, 0.3) is 0 Å². The molecule has 2 aromatic rings. The largest absolute Gasteiger partial charge is 0.485 e. The number of ether oxygens (including phenoxy) is 1. The summed E-state index contributed by atoms with van der Waals surface area (Å²) in [4.78, 5) is 12.1. The number of halogens is 1. The van der Waals surface area contributed by atoms with E-state index in [1.807, 2.05) is 19.1 Å². The Balaban J connectivity index is 2.03. The summed E-state index contributed by atoms with van der Waals surface area (Å²) >= 11 is 0. The minimum absolute atomic E-state index is 0.0919. The van der Waals surface area contributed by atoms with E-state index in [0.29, 0.717) is 17.2 Å². The van der Waals surface area contributed by atoms with Crippen molar-refractivity contribution in [3.8, 4) is 5.75 Å². The molecular weight excluding hydrogens is 267 g/mol. The molecule has 3 heteroatoms. The molecule has 0 saturated heterocycles. The van der Waals surface area contributed by atoms with Crippen LogP contribution in [-0.2, 0) is 0 Å². The lowest BCUT2D eigenvalue weighted by molar-refractivity contribution is 0.0921. The molecule has 0 radical (unpaired) electrons. The summed E-state index contributed by atoms with van der Waals surface area (Å²) < 4.78 is 18.6. The van der Waals surface area contributed by atoms with Crippen LogP contribution in [-0.4, -0.2) is 12.4 Å². The number of carbonyl (C=O) groups excluding carboxylic acids is 1. The number of hydrogen-bond donors (Lipinski definition) is 0. The van der Waals surface area contributed by atoms with Crippen LogP contribution in [0.2, 0.25) is 0 Å². The van der Waals surface area contributed by atoms with E-state index >= 15 is 0 Å². The van der Waals surface area contributed by atoms with Crippen LogP contribution in [0, 0.1) is 12.7 Å². The molecule has 0 N–H and O–H groups in total. The third-order valence-corrected chi connectivity index (χ3v) is 3.41. The molecule has 0 spiro atoms. The predicted octanol–water partition coefficient (Wildman–Crippen LogP) is 4.52. The maximum Gasteiger partial charge on any atom is 0.200 e. The molecule has 0 amide bonds. The number of ketones is 1. The predicted molar refractivity (Wildman–Crippen MR) is 81.5 cm³/mol. The van der Waals surface area contributed by atoms with Crippen LogP contribution in [0.25, 0.3) is 0 Å². The number of carbonyl (C=O) groups is 1. The summed E-state index contributed by atoms with van der Waals surface area (Å²) in [6.07, 6.45) is 0. The van der Waals surface area contributed by atoms with Crippen LogP contribution >= 0.6 is 0 Å². The van der Waals surface area contributed by atoms with E-state index in [4.69, 9.17) is 4.74 Å². The topological polar surface area (TPSA) is 26.3 Å². The van der Waals surface area contributed by atoms with Crippen molar-refractivity contribution in [1.29, 1.82) is 0 Å². The smallest absolute Gasteiger partial charge is 0.200 e. The lowest BCUT2D eigenvalue weighted by Crippen LogP contribution is -2.12. The van der Waals surface area contributed by atoms with E-state index in [1.165, 1.54) is 17.7 Å². The van der Waals surface area contributed by atoms with Gasteiger partial charge in [-0.25, -0.2) is 4.39 Å². The summed E-state index contributed by atoms with van der Waals surface area (Å²) in [6.45, 7) is 5.93. The van der Waals surface area contributed by atoms with Crippen LogP contribution < -0.4 is 4.74 Å². The molecule has 0 bridgehead atoms. The van der Waals surface area contributed by atoms with Crippen molar-refractivity contribution >= 4 is 5.78 Å². The van der Waals surface area contributed by atoms with Gasteiger partial charge in [0.1, 0.15) is 11.6 Å². The molecule has 0 aromatic heterocycles. The van der Waals surface area contributed by atoms with Gasteiger partial charge < -0.3 is 4.74 Å². The Kier molecular flexibility index (Phi) is 4.73. The van der Waals surface area contributed by atoms with Crippen molar-refractivity contribution in [2.75, 3.05) is 6.61 Å². The van der Waals surface area contributed by atoms with Crippen molar-refractivity contribution in [2.45, 2.75) is 26.7 Å². The number of rotatable bonds is 5. The molecule has 0 saturated carbocycles. The summed E-state index contributed by atoms with van der Waals surface area (Å²) in [7, 11) is 0. The Labute approximate surface area is 124 Å². The summed E-state index contributed by atoms with van der Waals surface area (Å²) in [5, 5.41) is 0. The second kappa shape index (κ2) is 6.53. The first kappa shape index (κ1) is 15.2. The lowest BCUT2D eigenvalue weighted by Gasteiger charge is -2.09. The maximum atomic E-state index is 13.1. The number of hydrogen-bond acceptors (Lipinski definition) is 2. The molecule has 0 unspecified atom stereocenters. The fraction of sp³-hybridized carbons (Fsp3) is 0.278. The average Bonchev–Trinajstić information content (AvgIpc) is 2.48. The fourth-order valence-electron chi connectivity index (χ4n) is 2.01. The van der Waals surface area contributed by atoms with E-state index in [2.05, 4.69) is 13.8 Å². The van der Waals surface area contributed by atoms with Gasteiger partial charge in [0.2, 0.25) is 0 Å². The molecule has 0 aliphatic carbocycles. The van der Waals surface area contributed by atoms with Crippen LogP contribution in [0.5, 0.6) is 5.75 Å². The van der Waals surface area contributed by atoms with E-state index in [1.54, 1.807) is 18.2 Å². The zero-order chi connectivity index (χ0) is 15.4. The Bertz CT molecular complexity index is 630. The van der Waals surface area contributed by atoms with Gasteiger partial charge in [-0.05, 0) is 30.0 Å². The second-order valence-electron chi connectivity index (χ2n) is 5.40. The maximum absolute atomic E-state index is 13.1. The van der Waals surface area contributed by atoms with Crippen molar-refractivity contribution in [3.63, 3.8) is 0 Å². The first-order chi connectivity index (χ1) is 9.97. The van der Waals surface area contributed by atoms with Gasteiger partial charge in [0, 0.05) is 11.6 Å². The van der Waals surface area contributed by atoms with Gasteiger partial charge in [-0.1, -0.05) is 44.2 Å². The molecule has 2 nitrogen and oxygen atoms in total. The summed E-state index contributed by atoms with van der Waals surface area (Å²) in [6, 6.07) is 11.8. The van der Waals surface area contributed by atoms with Gasteiger partial charge >= 0.3 is 0 Å². The Morgan fingerprint density at radius 3 is 2.43 bits per heavy atom. The number of Topliss-reactive ketones (excluding diaryl/α,β-unsaturated/α-hetero) is 1. The number of aryl methyl sites for hydroxylation is 1. The molecule has 0 atom stereocenters. The van der Waals surface area contributed by atoms with Crippen molar-refractivity contribution in [3.05, 3.63) is 65.0 Å². The average molecular weight is 286 g/mol. The van der Waals surface area contributed by atoms with Gasteiger partial charge in [-0.3, -0.25) is 4.79 Å². The standard InChI is InChI=1S/C18H19FO2/c1-12(2)14-5-7-15(8-6-14)17(20)11-21-18-10-16(19)9-4-13(18)3/h4-10,12H,11H2,1-3H3. The number of benzene rings is 2. The highest BCUT2D eigenvalue weighted by molar-refractivity contribution is 5.97. The third-order valence-electron chi connectivity index (χ3n) is 3.41. The van der Waals surface area contributed by atoms with Crippen LogP contribution in [0.15, 0.2) is 42.5 Å². The van der Waals surface area contributed by atoms with Crippen LogP contribution in [0.4, 0.5) is 4.39 Å². The van der Waals surface area contributed by atoms with E-state index in [-0.39, 0.29) is 18.2 Å². The summed E-state index contributed by atoms with van der Waals surface area (Å²) in [5.41, 5.74) is 2.60. The molecule has 2 aromatic carbocycles. The van der Waals surface area contributed by atoms with Crippen molar-refractivity contribution in [1.82, 2.24) is 0 Å². The zero-order valence-electron chi connectivity index (χ0n) is 12.5. The van der Waals surface area contributed by atoms with Gasteiger partial charge in [0.15, 0.2) is 12.4 Å². The van der Waals surface area contributed by atoms with E-state index in [0.717, 1.165) is 5.56 Å². The highest BCUT2D eigenvalue weighted by Crippen LogP contribution is 2.19. The van der Waals surface area contributed by atoms with Crippen LogP contribution in [0.1, 0.15) is 41.3 Å². The van der Waals surface area contributed by atoms with Crippen LogP contribution in [0.3, 0.4) is 0 Å². The quantitative estimate of drug-likeness (QED) is 0.755. The molecule has 0 aliphatic rings. The fourth-order valence-corrected chi connectivity index (χ4v) is 2.01. The molecule has 2 rings (SSSR count). The van der Waals surface area contributed by atoms with Gasteiger partial charge in [-0.15, -0.1) is 0 Å². The normalized spacial score (nSPS) is 10.7.